The monoisotopic (exact) mass is 262 g/mol. The van der Waals surface area contributed by atoms with E-state index in [0.717, 1.165) is 18.7 Å². The summed E-state index contributed by atoms with van der Waals surface area (Å²) in [6.07, 6.45) is 8.83. The van der Waals surface area contributed by atoms with E-state index in [4.69, 9.17) is 0 Å². The van der Waals surface area contributed by atoms with Gasteiger partial charge in [-0.2, -0.15) is 0 Å². The fourth-order valence-corrected chi connectivity index (χ4v) is 2.36. The second kappa shape index (κ2) is 5.99. The largest absolute Gasteiger partial charge is 0.338 e. The van der Waals surface area contributed by atoms with Gasteiger partial charge in [0.15, 0.2) is 5.82 Å². The average molecular weight is 262 g/mol. The molecule has 1 heterocycles. The van der Waals surface area contributed by atoms with E-state index in [-0.39, 0.29) is 5.91 Å². The van der Waals surface area contributed by atoms with Crippen LogP contribution in [0.1, 0.15) is 45.0 Å². The molecule has 0 fully saturated rings. The lowest BCUT2D eigenvalue weighted by Gasteiger charge is -2.19. The minimum absolute atomic E-state index is 0.176. The number of rotatable bonds is 5. The lowest BCUT2D eigenvalue weighted by molar-refractivity contribution is -0.131. The maximum absolute atomic E-state index is 12.1. The Morgan fingerprint density at radius 1 is 1.58 bits per heavy atom. The number of hydrogen-bond donors (Lipinski definition) is 0. The quantitative estimate of drug-likeness (QED) is 0.764. The van der Waals surface area contributed by atoms with Crippen LogP contribution in [0.3, 0.4) is 0 Å². The Morgan fingerprint density at radius 2 is 2.37 bits per heavy atom. The molecule has 2 rings (SSSR count). The topological polar surface area (TPSA) is 51.0 Å². The molecule has 1 atom stereocenters. The third kappa shape index (κ3) is 3.43. The van der Waals surface area contributed by atoms with Gasteiger partial charge in [-0.25, -0.2) is 0 Å². The summed E-state index contributed by atoms with van der Waals surface area (Å²) in [5, 5.41) is 8.02. The number of hydrogen-bond acceptors (Lipinski definition) is 3. The van der Waals surface area contributed by atoms with Crippen molar-refractivity contribution in [3.05, 3.63) is 24.3 Å². The first-order chi connectivity index (χ1) is 9.08. The zero-order valence-corrected chi connectivity index (χ0v) is 11.9. The van der Waals surface area contributed by atoms with Crippen LogP contribution >= 0.6 is 0 Å². The van der Waals surface area contributed by atoms with Gasteiger partial charge in [-0.15, -0.1) is 10.2 Å². The molecule has 1 aromatic rings. The van der Waals surface area contributed by atoms with E-state index in [1.54, 1.807) is 11.2 Å². The summed E-state index contributed by atoms with van der Waals surface area (Å²) in [5.41, 5.74) is 0. The normalized spacial score (nSPS) is 18.2. The second-order valence-electron chi connectivity index (χ2n) is 5.47. The molecule has 5 nitrogen and oxygen atoms in total. The Morgan fingerprint density at radius 3 is 3.00 bits per heavy atom. The number of amides is 1. The van der Waals surface area contributed by atoms with Gasteiger partial charge >= 0.3 is 0 Å². The minimum atomic E-state index is 0.176. The molecule has 0 aliphatic heterocycles. The number of carbonyl (C=O) groups is 1. The van der Waals surface area contributed by atoms with E-state index < -0.39 is 0 Å². The van der Waals surface area contributed by atoms with Crippen molar-refractivity contribution in [2.75, 3.05) is 7.05 Å². The Kier molecular flexibility index (Phi) is 4.35. The molecule has 0 saturated carbocycles. The van der Waals surface area contributed by atoms with Crippen LogP contribution in [0.2, 0.25) is 0 Å². The van der Waals surface area contributed by atoms with Crippen molar-refractivity contribution >= 4 is 5.91 Å². The standard InChI is InChI=1S/C14H22N4O/c1-11(2)18-10-15-16-13(18)9-17(3)14(19)8-12-6-4-5-7-12/h4,6,10-12H,5,7-9H2,1-3H3/t12-/m0/s1. The van der Waals surface area contributed by atoms with E-state index >= 15 is 0 Å². The van der Waals surface area contributed by atoms with E-state index in [0.29, 0.717) is 24.9 Å². The predicted octanol–water partition coefficient (Wildman–Crippen LogP) is 2.17. The molecule has 1 amide bonds. The van der Waals surface area contributed by atoms with Crippen LogP contribution in [-0.4, -0.2) is 32.6 Å². The zero-order chi connectivity index (χ0) is 13.8. The van der Waals surface area contributed by atoms with Gasteiger partial charge in [-0.1, -0.05) is 12.2 Å². The fourth-order valence-electron chi connectivity index (χ4n) is 2.36. The summed E-state index contributed by atoms with van der Waals surface area (Å²) in [6, 6.07) is 0.311. The van der Waals surface area contributed by atoms with Crippen LogP contribution in [0.25, 0.3) is 0 Å². The Labute approximate surface area is 114 Å². The van der Waals surface area contributed by atoms with Crippen LogP contribution < -0.4 is 0 Å². The van der Waals surface area contributed by atoms with Gasteiger partial charge in [0.2, 0.25) is 5.91 Å². The second-order valence-corrected chi connectivity index (χ2v) is 5.47. The SMILES string of the molecule is CC(C)n1cnnc1CN(C)C(=O)C[C@H]1C=CCC1. The predicted molar refractivity (Wildman–Crippen MR) is 73.4 cm³/mol. The molecule has 5 heteroatoms. The Balaban J connectivity index is 1.92. The van der Waals surface area contributed by atoms with Crippen molar-refractivity contribution in [2.45, 2.75) is 45.7 Å². The highest BCUT2D eigenvalue weighted by Gasteiger charge is 2.18. The fraction of sp³-hybridized carbons (Fsp3) is 0.643. The molecule has 0 radical (unpaired) electrons. The molecule has 1 aromatic heterocycles. The first-order valence-electron chi connectivity index (χ1n) is 6.87. The number of carbonyl (C=O) groups excluding carboxylic acids is 1. The van der Waals surface area contributed by atoms with Crippen LogP contribution in [0, 0.1) is 5.92 Å². The maximum Gasteiger partial charge on any atom is 0.223 e. The summed E-state index contributed by atoms with van der Waals surface area (Å²) in [4.78, 5) is 13.9. The molecule has 0 bridgehead atoms. The lowest BCUT2D eigenvalue weighted by Crippen LogP contribution is -2.29. The molecule has 104 valence electrons. The summed E-state index contributed by atoms with van der Waals surface area (Å²) in [5.74, 6) is 1.43. The first kappa shape index (κ1) is 13.8. The Hall–Kier alpha value is -1.65. The zero-order valence-electron chi connectivity index (χ0n) is 11.9. The first-order valence-corrected chi connectivity index (χ1v) is 6.87. The van der Waals surface area contributed by atoms with Gasteiger partial charge in [0.1, 0.15) is 6.33 Å². The van der Waals surface area contributed by atoms with Gasteiger partial charge < -0.3 is 9.47 Å². The highest BCUT2D eigenvalue weighted by molar-refractivity contribution is 5.76. The van der Waals surface area contributed by atoms with Crippen LogP contribution in [0.4, 0.5) is 0 Å². The molecule has 0 spiro atoms. The van der Waals surface area contributed by atoms with Gasteiger partial charge in [-0.3, -0.25) is 4.79 Å². The molecular weight excluding hydrogens is 240 g/mol. The highest BCUT2D eigenvalue weighted by atomic mass is 16.2. The summed E-state index contributed by atoms with van der Waals surface area (Å²) in [6.45, 7) is 4.68. The third-order valence-electron chi connectivity index (χ3n) is 3.56. The molecule has 1 aliphatic rings. The van der Waals surface area contributed by atoms with E-state index in [1.807, 2.05) is 11.6 Å². The molecule has 0 N–H and O–H groups in total. The van der Waals surface area contributed by atoms with Crippen LogP contribution in [-0.2, 0) is 11.3 Å². The molecule has 1 aliphatic carbocycles. The highest BCUT2D eigenvalue weighted by Crippen LogP contribution is 2.21. The van der Waals surface area contributed by atoms with Gasteiger partial charge in [0.05, 0.1) is 6.54 Å². The molecule has 0 aromatic carbocycles. The Bertz CT molecular complexity index is 464. The summed E-state index contributed by atoms with van der Waals surface area (Å²) < 4.78 is 2.00. The minimum Gasteiger partial charge on any atom is -0.338 e. The maximum atomic E-state index is 12.1. The number of allylic oxidation sites excluding steroid dienone is 2. The van der Waals surface area contributed by atoms with Crippen molar-refractivity contribution in [1.82, 2.24) is 19.7 Å². The van der Waals surface area contributed by atoms with E-state index in [1.165, 1.54) is 0 Å². The van der Waals surface area contributed by atoms with Gasteiger partial charge in [-0.05, 0) is 32.6 Å². The van der Waals surface area contributed by atoms with Crippen molar-refractivity contribution in [1.29, 1.82) is 0 Å². The smallest absolute Gasteiger partial charge is 0.223 e. The summed E-state index contributed by atoms with van der Waals surface area (Å²) in [7, 11) is 1.83. The van der Waals surface area contributed by atoms with E-state index in [2.05, 4.69) is 36.2 Å². The van der Waals surface area contributed by atoms with Crippen molar-refractivity contribution in [2.24, 2.45) is 5.92 Å². The van der Waals surface area contributed by atoms with Gasteiger partial charge in [0.25, 0.3) is 0 Å². The van der Waals surface area contributed by atoms with Crippen LogP contribution in [0.15, 0.2) is 18.5 Å². The van der Waals surface area contributed by atoms with Crippen LogP contribution in [0.5, 0.6) is 0 Å². The number of nitrogens with zero attached hydrogens (tertiary/aromatic N) is 4. The molecule has 0 saturated heterocycles. The third-order valence-corrected chi connectivity index (χ3v) is 3.56. The average Bonchev–Trinajstić information content (AvgIpc) is 2.99. The summed E-state index contributed by atoms with van der Waals surface area (Å²) >= 11 is 0. The van der Waals surface area contributed by atoms with Crippen molar-refractivity contribution in [3.63, 3.8) is 0 Å². The van der Waals surface area contributed by atoms with Crippen molar-refractivity contribution < 1.29 is 4.79 Å². The molecule has 0 unspecified atom stereocenters. The molecule has 19 heavy (non-hydrogen) atoms. The lowest BCUT2D eigenvalue weighted by atomic mass is 10.0. The number of aromatic nitrogens is 3. The van der Waals surface area contributed by atoms with Crippen molar-refractivity contribution in [3.8, 4) is 0 Å². The van der Waals surface area contributed by atoms with Gasteiger partial charge in [0, 0.05) is 19.5 Å². The van der Waals surface area contributed by atoms with E-state index in [9.17, 15) is 4.79 Å². The molecular formula is C14H22N4O.